The van der Waals surface area contributed by atoms with Crippen LogP contribution in [0.2, 0.25) is 5.02 Å². The summed E-state index contributed by atoms with van der Waals surface area (Å²) >= 11 is 6.04. The first-order valence-corrected chi connectivity index (χ1v) is 12.8. The van der Waals surface area contributed by atoms with E-state index in [1.165, 1.54) is 6.33 Å². The molecule has 10 heteroatoms. The number of fused-ring (bicyclic) bond motifs is 2. The summed E-state index contributed by atoms with van der Waals surface area (Å²) in [6.07, 6.45) is 8.44. The average molecular weight is 516 g/mol. The van der Waals surface area contributed by atoms with Gasteiger partial charge in [-0.15, -0.1) is 0 Å². The van der Waals surface area contributed by atoms with E-state index in [-0.39, 0.29) is 17.6 Å². The minimum absolute atomic E-state index is 0.0694. The lowest BCUT2D eigenvalue weighted by molar-refractivity contribution is 0.0919. The van der Waals surface area contributed by atoms with E-state index in [4.69, 9.17) is 11.6 Å². The van der Waals surface area contributed by atoms with Crippen LogP contribution >= 0.6 is 11.6 Å². The Morgan fingerprint density at radius 3 is 2.68 bits per heavy atom. The molecule has 6 rings (SSSR count). The number of nitrogens with one attached hydrogen (secondary N) is 1. The van der Waals surface area contributed by atoms with E-state index in [0.29, 0.717) is 28.7 Å². The number of pyridine rings is 2. The number of halogens is 1. The smallest absolute Gasteiger partial charge is 0.333 e. The van der Waals surface area contributed by atoms with Crippen molar-refractivity contribution >= 4 is 34.2 Å². The van der Waals surface area contributed by atoms with Crippen molar-refractivity contribution in [1.82, 2.24) is 34.0 Å². The van der Waals surface area contributed by atoms with E-state index < -0.39 is 0 Å². The molecule has 0 bridgehead atoms. The van der Waals surface area contributed by atoms with E-state index >= 15 is 0 Å². The van der Waals surface area contributed by atoms with E-state index in [0.717, 1.165) is 48.1 Å². The molecule has 0 unspecified atom stereocenters. The van der Waals surface area contributed by atoms with Gasteiger partial charge in [-0.2, -0.15) is 5.10 Å². The zero-order chi connectivity index (χ0) is 25.5. The average Bonchev–Trinajstić information content (AvgIpc) is 3.48. The zero-order valence-electron chi connectivity index (χ0n) is 20.3. The molecular weight excluding hydrogens is 490 g/mol. The van der Waals surface area contributed by atoms with E-state index in [1.54, 1.807) is 28.3 Å². The molecule has 9 nitrogen and oxygen atoms in total. The largest absolute Gasteiger partial charge is 0.349 e. The predicted molar refractivity (Wildman–Crippen MR) is 141 cm³/mol. The van der Waals surface area contributed by atoms with Crippen molar-refractivity contribution < 1.29 is 4.79 Å². The summed E-state index contributed by atoms with van der Waals surface area (Å²) < 4.78 is 5.29. The van der Waals surface area contributed by atoms with Crippen LogP contribution in [0.25, 0.3) is 22.4 Å². The number of carbonyl (C=O) groups excluding carboxylic acids is 1. The van der Waals surface area contributed by atoms with Gasteiger partial charge in [-0.3, -0.25) is 18.9 Å². The van der Waals surface area contributed by atoms with Crippen LogP contribution in [-0.4, -0.2) is 40.7 Å². The second-order valence-corrected chi connectivity index (χ2v) is 10.1. The number of para-hydroxylation sites is 2. The summed E-state index contributed by atoms with van der Waals surface area (Å²) in [7, 11) is 0. The maximum atomic E-state index is 13.7. The normalized spacial score (nSPS) is 17.9. The molecule has 37 heavy (non-hydrogen) atoms. The molecule has 1 aromatic carbocycles. The Balaban J connectivity index is 1.20. The summed E-state index contributed by atoms with van der Waals surface area (Å²) in [6, 6.07) is 13.4. The van der Waals surface area contributed by atoms with Crippen LogP contribution in [0.1, 0.15) is 41.7 Å². The topological polar surface area (TPSA) is 99.1 Å². The second kappa shape index (κ2) is 9.48. The van der Waals surface area contributed by atoms with Crippen LogP contribution in [0.4, 0.5) is 0 Å². The number of amides is 1. The van der Waals surface area contributed by atoms with Gasteiger partial charge in [0.2, 0.25) is 0 Å². The van der Waals surface area contributed by atoms with Gasteiger partial charge in [0.25, 0.3) is 5.91 Å². The van der Waals surface area contributed by atoms with Gasteiger partial charge in [0, 0.05) is 18.8 Å². The number of imidazole rings is 1. The van der Waals surface area contributed by atoms with Gasteiger partial charge < -0.3 is 5.32 Å². The van der Waals surface area contributed by atoms with Crippen molar-refractivity contribution in [3.8, 4) is 5.69 Å². The molecule has 0 aliphatic heterocycles. The lowest BCUT2D eigenvalue weighted by Crippen LogP contribution is -2.39. The van der Waals surface area contributed by atoms with Crippen molar-refractivity contribution in [3.05, 3.63) is 87.9 Å². The molecular formula is C27H26ClN7O2. The number of aryl methyl sites for hydroxylation is 1. The molecule has 5 aromatic rings. The van der Waals surface area contributed by atoms with Crippen LogP contribution in [0, 0.1) is 12.8 Å². The number of rotatable bonds is 5. The fourth-order valence-corrected chi connectivity index (χ4v) is 5.48. The van der Waals surface area contributed by atoms with Crippen LogP contribution < -0.4 is 11.0 Å². The van der Waals surface area contributed by atoms with E-state index in [2.05, 4.69) is 20.4 Å². The molecule has 0 atom stereocenters. The summed E-state index contributed by atoms with van der Waals surface area (Å²) in [5.41, 5.74) is 4.35. The monoisotopic (exact) mass is 515 g/mol. The Bertz CT molecular complexity index is 1680. The molecule has 188 valence electrons. The molecule has 1 fully saturated rings. The number of benzene rings is 1. The summed E-state index contributed by atoms with van der Waals surface area (Å²) in [5.74, 6) is 0.206. The molecule has 1 N–H and O–H groups in total. The van der Waals surface area contributed by atoms with Crippen LogP contribution in [0.5, 0.6) is 0 Å². The molecule has 4 heterocycles. The lowest BCUT2D eigenvalue weighted by Gasteiger charge is -2.29. The molecule has 1 aliphatic carbocycles. The summed E-state index contributed by atoms with van der Waals surface area (Å²) in [4.78, 5) is 34.8. The van der Waals surface area contributed by atoms with Gasteiger partial charge in [-0.1, -0.05) is 23.7 Å². The molecule has 0 radical (unpaired) electrons. The number of hydrogen-bond acceptors (Lipinski definition) is 5. The molecule has 1 saturated carbocycles. The Morgan fingerprint density at radius 2 is 1.86 bits per heavy atom. The van der Waals surface area contributed by atoms with Gasteiger partial charge in [-0.25, -0.2) is 14.3 Å². The number of hydrogen-bond donors (Lipinski definition) is 1. The second-order valence-electron chi connectivity index (χ2n) is 9.65. The van der Waals surface area contributed by atoms with Crippen molar-refractivity contribution in [2.75, 3.05) is 0 Å². The zero-order valence-corrected chi connectivity index (χ0v) is 21.1. The van der Waals surface area contributed by atoms with Crippen LogP contribution in [-0.2, 0) is 6.54 Å². The quantitative estimate of drug-likeness (QED) is 0.378. The number of nitrogens with zero attached hydrogens (tertiary/aromatic N) is 6. The van der Waals surface area contributed by atoms with Crippen molar-refractivity contribution in [2.24, 2.45) is 5.92 Å². The lowest BCUT2D eigenvalue weighted by atomic mass is 9.85. The maximum Gasteiger partial charge on any atom is 0.333 e. The predicted octanol–water partition coefficient (Wildman–Crippen LogP) is 4.18. The van der Waals surface area contributed by atoms with Crippen molar-refractivity contribution in [3.63, 3.8) is 0 Å². The maximum absolute atomic E-state index is 13.7. The first kappa shape index (κ1) is 23.4. The fourth-order valence-electron chi connectivity index (χ4n) is 5.32. The van der Waals surface area contributed by atoms with Crippen molar-refractivity contribution in [1.29, 1.82) is 0 Å². The SMILES string of the molecule is Cc1ncc(Cl)cc1C(=O)N[C@H]1CC[C@H](Cn2c(=O)n(-c3ccc4ncnn4c3)c3ccccc32)CC1. The first-order chi connectivity index (χ1) is 18.0. The van der Waals surface area contributed by atoms with Gasteiger partial charge in [0.15, 0.2) is 5.65 Å². The standard InChI is InChI=1S/C27H26ClN7O2/c1-17-22(12-19(28)13-29-17)26(36)32-20-8-6-18(7-9-20)14-33-23-4-2-3-5-24(23)35(27(33)37)21-10-11-25-30-16-31-34(25)15-21/h2-5,10-13,15-16,18,20H,6-9,14H2,1H3,(H,32,36)/t18-,20-. The van der Waals surface area contributed by atoms with Gasteiger partial charge in [0.1, 0.15) is 6.33 Å². The third kappa shape index (κ3) is 4.40. The first-order valence-electron chi connectivity index (χ1n) is 12.4. The number of aromatic nitrogens is 6. The molecule has 0 saturated heterocycles. The Morgan fingerprint density at radius 1 is 1.08 bits per heavy atom. The third-order valence-electron chi connectivity index (χ3n) is 7.27. The van der Waals surface area contributed by atoms with E-state index in [1.807, 2.05) is 47.2 Å². The Hall–Kier alpha value is -3.98. The Kier molecular flexibility index (Phi) is 6.00. The third-order valence-corrected chi connectivity index (χ3v) is 7.48. The minimum Gasteiger partial charge on any atom is -0.349 e. The Labute approximate surface area is 217 Å². The highest BCUT2D eigenvalue weighted by Gasteiger charge is 2.25. The van der Waals surface area contributed by atoms with Crippen LogP contribution in [0.15, 0.2) is 66.0 Å². The van der Waals surface area contributed by atoms with Gasteiger partial charge in [-0.05, 0) is 68.9 Å². The molecule has 1 aliphatic rings. The van der Waals surface area contributed by atoms with Crippen LogP contribution in [0.3, 0.4) is 0 Å². The molecule has 1 amide bonds. The highest BCUT2D eigenvalue weighted by Crippen LogP contribution is 2.28. The molecule has 0 spiro atoms. The summed E-state index contributed by atoms with van der Waals surface area (Å²) in [6.45, 7) is 2.44. The highest BCUT2D eigenvalue weighted by molar-refractivity contribution is 6.30. The van der Waals surface area contributed by atoms with Gasteiger partial charge >= 0.3 is 5.69 Å². The highest BCUT2D eigenvalue weighted by atomic mass is 35.5. The van der Waals surface area contributed by atoms with Crippen molar-refractivity contribution in [2.45, 2.75) is 45.2 Å². The number of carbonyl (C=O) groups is 1. The molecule has 4 aromatic heterocycles. The summed E-state index contributed by atoms with van der Waals surface area (Å²) in [5, 5.41) is 7.81. The minimum atomic E-state index is -0.139. The van der Waals surface area contributed by atoms with Gasteiger partial charge in [0.05, 0.1) is 39.2 Å². The fraction of sp³-hybridized carbons (Fsp3) is 0.296. The van der Waals surface area contributed by atoms with E-state index in [9.17, 15) is 9.59 Å².